The maximum absolute atomic E-state index is 12.3. The van der Waals surface area contributed by atoms with Gasteiger partial charge in [-0.15, -0.1) is 23.7 Å². The fourth-order valence-corrected chi connectivity index (χ4v) is 3.49. The molecule has 0 radical (unpaired) electrons. The van der Waals surface area contributed by atoms with Crippen molar-refractivity contribution in [3.8, 4) is 16.3 Å². The molecule has 5 nitrogen and oxygen atoms in total. The molecule has 2 N–H and O–H groups in total. The summed E-state index contributed by atoms with van der Waals surface area (Å²) >= 11 is 1.49. The van der Waals surface area contributed by atoms with Crippen LogP contribution in [0.2, 0.25) is 0 Å². The van der Waals surface area contributed by atoms with Crippen LogP contribution >= 0.6 is 23.7 Å². The molecule has 0 saturated carbocycles. The summed E-state index contributed by atoms with van der Waals surface area (Å²) in [6.07, 6.45) is 2.10. The van der Waals surface area contributed by atoms with Crippen LogP contribution in [0.15, 0.2) is 29.6 Å². The van der Waals surface area contributed by atoms with Crippen LogP contribution in [0.4, 0.5) is 0 Å². The molecule has 25 heavy (non-hydrogen) atoms. The second kappa shape index (κ2) is 9.17. The molecule has 7 heteroatoms. The fraction of sp³-hybridized carbons (Fsp3) is 0.444. The highest BCUT2D eigenvalue weighted by atomic mass is 35.5. The lowest BCUT2D eigenvalue weighted by Gasteiger charge is -2.23. The van der Waals surface area contributed by atoms with Crippen LogP contribution in [0, 0.1) is 0 Å². The van der Waals surface area contributed by atoms with Crippen LogP contribution in [-0.2, 0) is 0 Å². The number of ether oxygens (including phenoxy) is 1. The normalized spacial score (nSPS) is 14.8. The number of rotatable bonds is 5. The largest absolute Gasteiger partial charge is 0.491 e. The van der Waals surface area contributed by atoms with E-state index in [-0.39, 0.29) is 30.5 Å². The van der Waals surface area contributed by atoms with Crippen molar-refractivity contribution in [2.75, 3.05) is 13.1 Å². The molecule has 1 aliphatic heterocycles. The van der Waals surface area contributed by atoms with Crippen LogP contribution in [0.25, 0.3) is 10.6 Å². The van der Waals surface area contributed by atoms with Gasteiger partial charge in [0.25, 0.3) is 5.91 Å². The van der Waals surface area contributed by atoms with Crippen molar-refractivity contribution >= 4 is 29.7 Å². The number of hydrogen-bond acceptors (Lipinski definition) is 5. The van der Waals surface area contributed by atoms with Crippen LogP contribution in [0.1, 0.15) is 37.2 Å². The van der Waals surface area contributed by atoms with E-state index in [2.05, 4.69) is 15.6 Å². The SMILES string of the molecule is CC(C)Oc1ccc(-c2nc(C(=O)NC3CCNCC3)cs2)cc1.Cl. The maximum Gasteiger partial charge on any atom is 0.270 e. The minimum atomic E-state index is -0.0795. The second-order valence-electron chi connectivity index (χ2n) is 6.23. The number of amides is 1. The highest BCUT2D eigenvalue weighted by molar-refractivity contribution is 7.13. The standard InChI is InChI=1S/C18H23N3O2S.ClH/c1-12(2)23-15-5-3-13(4-6-15)18-21-16(11-24-18)17(22)20-14-7-9-19-10-8-14;/h3-6,11-12,14,19H,7-10H2,1-2H3,(H,20,22);1H. The van der Waals surface area contributed by atoms with Gasteiger partial charge < -0.3 is 15.4 Å². The molecule has 0 bridgehead atoms. The summed E-state index contributed by atoms with van der Waals surface area (Å²) in [5.41, 5.74) is 1.49. The van der Waals surface area contributed by atoms with Gasteiger partial charge in [-0.25, -0.2) is 4.98 Å². The third kappa shape index (κ3) is 5.42. The van der Waals surface area contributed by atoms with Gasteiger partial charge in [0.15, 0.2) is 0 Å². The first-order chi connectivity index (χ1) is 11.6. The van der Waals surface area contributed by atoms with E-state index < -0.39 is 0 Å². The Kier molecular flexibility index (Phi) is 7.23. The summed E-state index contributed by atoms with van der Waals surface area (Å²) in [6, 6.07) is 8.07. The first kappa shape index (κ1) is 19.7. The molecule has 1 aromatic carbocycles. The topological polar surface area (TPSA) is 63.2 Å². The minimum Gasteiger partial charge on any atom is -0.491 e. The molecule has 1 fully saturated rings. The van der Waals surface area contributed by atoms with Crippen LogP contribution < -0.4 is 15.4 Å². The molecule has 2 aromatic rings. The average molecular weight is 382 g/mol. The molecular formula is C18H24ClN3O2S. The summed E-state index contributed by atoms with van der Waals surface area (Å²) < 4.78 is 5.65. The second-order valence-corrected chi connectivity index (χ2v) is 7.08. The molecule has 136 valence electrons. The van der Waals surface area contributed by atoms with Gasteiger partial charge in [-0.05, 0) is 64.0 Å². The summed E-state index contributed by atoms with van der Waals surface area (Å²) in [4.78, 5) is 16.8. The number of carbonyl (C=O) groups excluding carboxylic acids is 1. The van der Waals surface area contributed by atoms with Gasteiger partial charge in [-0.1, -0.05) is 0 Å². The van der Waals surface area contributed by atoms with E-state index in [1.165, 1.54) is 11.3 Å². The zero-order chi connectivity index (χ0) is 16.9. The Morgan fingerprint density at radius 3 is 2.60 bits per heavy atom. The molecule has 0 atom stereocenters. The van der Waals surface area contributed by atoms with Gasteiger partial charge in [0.2, 0.25) is 0 Å². The van der Waals surface area contributed by atoms with Gasteiger partial charge in [-0.2, -0.15) is 0 Å². The third-order valence-corrected chi connectivity index (χ3v) is 4.78. The van der Waals surface area contributed by atoms with Crippen molar-refractivity contribution in [2.45, 2.75) is 38.8 Å². The molecule has 3 rings (SSSR count). The first-order valence-corrected chi connectivity index (χ1v) is 9.24. The van der Waals surface area contributed by atoms with Gasteiger partial charge in [-0.3, -0.25) is 4.79 Å². The number of carbonyl (C=O) groups is 1. The molecule has 1 amide bonds. The summed E-state index contributed by atoms with van der Waals surface area (Å²) in [5, 5.41) is 9.04. The number of thiazole rings is 1. The van der Waals surface area contributed by atoms with Gasteiger partial charge in [0, 0.05) is 17.0 Å². The fourth-order valence-electron chi connectivity index (χ4n) is 2.68. The van der Waals surface area contributed by atoms with E-state index in [0.717, 1.165) is 42.3 Å². The highest BCUT2D eigenvalue weighted by Gasteiger charge is 2.18. The molecule has 1 saturated heterocycles. The van der Waals surface area contributed by atoms with Crippen LogP contribution in [0.3, 0.4) is 0 Å². The Morgan fingerprint density at radius 2 is 1.96 bits per heavy atom. The van der Waals surface area contributed by atoms with Crippen molar-refractivity contribution < 1.29 is 9.53 Å². The Bertz CT molecular complexity index is 682. The molecule has 1 aromatic heterocycles. The lowest BCUT2D eigenvalue weighted by Crippen LogP contribution is -2.42. The summed E-state index contributed by atoms with van der Waals surface area (Å²) in [5.74, 6) is 0.762. The zero-order valence-electron chi connectivity index (χ0n) is 14.5. The first-order valence-electron chi connectivity index (χ1n) is 8.36. The molecule has 0 aliphatic carbocycles. The van der Waals surface area contributed by atoms with E-state index in [4.69, 9.17) is 4.74 Å². The summed E-state index contributed by atoms with van der Waals surface area (Å²) in [7, 11) is 0. The van der Waals surface area contributed by atoms with E-state index in [1.54, 1.807) is 0 Å². The van der Waals surface area contributed by atoms with Crippen molar-refractivity contribution in [1.82, 2.24) is 15.6 Å². The van der Waals surface area contributed by atoms with Crippen LogP contribution in [0.5, 0.6) is 5.75 Å². The predicted octanol–water partition coefficient (Wildman–Crippen LogP) is 3.50. The number of halogens is 1. The molecule has 0 spiro atoms. The van der Waals surface area contributed by atoms with Crippen molar-refractivity contribution in [3.05, 3.63) is 35.3 Å². The number of piperidine rings is 1. The molecular weight excluding hydrogens is 358 g/mol. The van der Waals surface area contributed by atoms with Gasteiger partial charge >= 0.3 is 0 Å². The number of aromatic nitrogens is 1. The molecule has 0 unspecified atom stereocenters. The predicted molar refractivity (Wildman–Crippen MR) is 104 cm³/mol. The number of hydrogen-bond donors (Lipinski definition) is 2. The average Bonchev–Trinajstić information content (AvgIpc) is 3.06. The molecule has 1 aliphatic rings. The van der Waals surface area contributed by atoms with Crippen molar-refractivity contribution in [2.24, 2.45) is 0 Å². The van der Waals surface area contributed by atoms with E-state index in [9.17, 15) is 4.79 Å². The van der Waals surface area contributed by atoms with E-state index >= 15 is 0 Å². The van der Waals surface area contributed by atoms with Crippen LogP contribution in [-0.4, -0.2) is 36.1 Å². The highest BCUT2D eigenvalue weighted by Crippen LogP contribution is 2.26. The van der Waals surface area contributed by atoms with Crippen molar-refractivity contribution in [1.29, 1.82) is 0 Å². The Hall–Kier alpha value is -1.63. The Balaban J connectivity index is 0.00000225. The lowest BCUT2D eigenvalue weighted by molar-refractivity contribution is 0.0925. The monoisotopic (exact) mass is 381 g/mol. The minimum absolute atomic E-state index is 0. The van der Waals surface area contributed by atoms with E-state index in [1.807, 2.05) is 43.5 Å². The Morgan fingerprint density at radius 1 is 1.28 bits per heavy atom. The maximum atomic E-state index is 12.3. The van der Waals surface area contributed by atoms with Gasteiger partial charge in [0.1, 0.15) is 16.5 Å². The Labute approximate surface area is 158 Å². The van der Waals surface area contributed by atoms with Gasteiger partial charge in [0.05, 0.1) is 6.10 Å². The smallest absolute Gasteiger partial charge is 0.270 e. The number of nitrogens with zero attached hydrogens (tertiary/aromatic N) is 1. The number of benzene rings is 1. The summed E-state index contributed by atoms with van der Waals surface area (Å²) in [6.45, 7) is 5.92. The number of nitrogens with one attached hydrogen (secondary N) is 2. The molecule has 2 heterocycles. The van der Waals surface area contributed by atoms with Crippen molar-refractivity contribution in [3.63, 3.8) is 0 Å². The van der Waals surface area contributed by atoms with E-state index in [0.29, 0.717) is 5.69 Å². The third-order valence-electron chi connectivity index (χ3n) is 3.88. The quantitative estimate of drug-likeness (QED) is 0.832. The zero-order valence-corrected chi connectivity index (χ0v) is 16.1. The lowest BCUT2D eigenvalue weighted by atomic mass is 10.1.